The first kappa shape index (κ1) is 17.6. The van der Waals surface area contributed by atoms with Crippen LogP contribution < -0.4 is 9.64 Å². The van der Waals surface area contributed by atoms with Gasteiger partial charge in [0.1, 0.15) is 11.6 Å². The second kappa shape index (κ2) is 7.35. The molecule has 0 atom stereocenters. The molecular formula is C21H19FN2O2. The summed E-state index contributed by atoms with van der Waals surface area (Å²) in [6, 6.07) is 13.6. The first-order valence-corrected chi connectivity index (χ1v) is 8.20. The molecule has 1 aromatic heterocycles. The quantitative estimate of drug-likeness (QED) is 0.592. The second-order valence-electron chi connectivity index (χ2n) is 6.08. The van der Waals surface area contributed by atoms with Crippen LogP contribution in [0.25, 0.3) is 0 Å². The Labute approximate surface area is 151 Å². The summed E-state index contributed by atoms with van der Waals surface area (Å²) in [5, 5.41) is 0. The van der Waals surface area contributed by atoms with Crippen molar-refractivity contribution in [3.63, 3.8) is 0 Å². The molecule has 0 aliphatic rings. The lowest BCUT2D eigenvalue weighted by Gasteiger charge is -2.21. The highest BCUT2D eigenvalue weighted by Crippen LogP contribution is 2.31. The van der Waals surface area contributed by atoms with Gasteiger partial charge in [-0.15, -0.1) is 0 Å². The van der Waals surface area contributed by atoms with Crippen molar-refractivity contribution < 1.29 is 13.9 Å². The third-order valence-corrected chi connectivity index (χ3v) is 4.14. The summed E-state index contributed by atoms with van der Waals surface area (Å²) in [6.07, 6.45) is 2.35. The molecule has 0 spiro atoms. The summed E-state index contributed by atoms with van der Waals surface area (Å²) in [6.45, 7) is 5.68. The molecule has 26 heavy (non-hydrogen) atoms. The molecule has 3 rings (SSSR count). The van der Waals surface area contributed by atoms with Crippen molar-refractivity contribution in [3.05, 3.63) is 77.2 Å². The molecular weight excluding hydrogens is 331 g/mol. The number of hydrogen-bond acceptors (Lipinski definition) is 3. The van der Waals surface area contributed by atoms with Crippen LogP contribution in [0.1, 0.15) is 16.7 Å². The third-order valence-electron chi connectivity index (χ3n) is 4.14. The van der Waals surface area contributed by atoms with E-state index in [-0.39, 0.29) is 5.82 Å². The van der Waals surface area contributed by atoms with Crippen LogP contribution >= 0.6 is 0 Å². The van der Waals surface area contributed by atoms with E-state index >= 15 is 0 Å². The van der Waals surface area contributed by atoms with Gasteiger partial charge in [0.2, 0.25) is 12.3 Å². The normalized spacial score (nSPS) is 10.5. The SMILES string of the molecule is Cc1cc(F)ccc1Oc1ccc(N(C=O)c2c(C)cccc2C)cn1. The van der Waals surface area contributed by atoms with Crippen LogP contribution in [0, 0.1) is 26.6 Å². The van der Waals surface area contributed by atoms with Crippen molar-refractivity contribution in [2.45, 2.75) is 20.8 Å². The molecule has 0 aliphatic heterocycles. The Hall–Kier alpha value is -3.21. The van der Waals surface area contributed by atoms with E-state index in [0.29, 0.717) is 22.9 Å². The van der Waals surface area contributed by atoms with Gasteiger partial charge in [0.25, 0.3) is 0 Å². The molecule has 1 heterocycles. The number of amides is 1. The van der Waals surface area contributed by atoms with Crippen LogP contribution in [0.5, 0.6) is 11.6 Å². The number of hydrogen-bond donors (Lipinski definition) is 0. The molecule has 132 valence electrons. The van der Waals surface area contributed by atoms with Gasteiger partial charge in [0, 0.05) is 6.07 Å². The van der Waals surface area contributed by atoms with Crippen LogP contribution in [-0.4, -0.2) is 11.4 Å². The Balaban J connectivity index is 1.87. The zero-order valence-corrected chi connectivity index (χ0v) is 14.9. The molecule has 0 N–H and O–H groups in total. The standard InChI is InChI=1S/C21H19FN2O2/c1-14-5-4-6-15(2)21(14)24(13-25)18-8-10-20(23-12-18)26-19-9-7-17(22)11-16(19)3/h4-13H,1-3H3. The Morgan fingerprint density at radius 1 is 1.00 bits per heavy atom. The topological polar surface area (TPSA) is 42.4 Å². The number of aryl methyl sites for hydroxylation is 3. The Morgan fingerprint density at radius 3 is 2.31 bits per heavy atom. The summed E-state index contributed by atoms with van der Waals surface area (Å²) >= 11 is 0. The number of carbonyl (C=O) groups is 1. The van der Waals surface area contributed by atoms with E-state index < -0.39 is 0 Å². The van der Waals surface area contributed by atoms with Crippen molar-refractivity contribution >= 4 is 17.8 Å². The van der Waals surface area contributed by atoms with Gasteiger partial charge in [-0.25, -0.2) is 9.37 Å². The van der Waals surface area contributed by atoms with Gasteiger partial charge in [-0.2, -0.15) is 0 Å². The van der Waals surface area contributed by atoms with E-state index in [0.717, 1.165) is 23.2 Å². The van der Waals surface area contributed by atoms with Crippen molar-refractivity contribution in [1.29, 1.82) is 0 Å². The Morgan fingerprint density at radius 2 is 1.73 bits per heavy atom. The van der Waals surface area contributed by atoms with Crippen molar-refractivity contribution in [1.82, 2.24) is 4.98 Å². The van der Waals surface area contributed by atoms with Gasteiger partial charge in [-0.1, -0.05) is 18.2 Å². The smallest absolute Gasteiger partial charge is 0.219 e. The third kappa shape index (κ3) is 3.57. The number of anilines is 2. The Bertz CT molecular complexity index is 919. The van der Waals surface area contributed by atoms with Gasteiger partial charge >= 0.3 is 0 Å². The molecule has 3 aromatic rings. The van der Waals surface area contributed by atoms with Crippen molar-refractivity contribution in [2.24, 2.45) is 0 Å². The number of carbonyl (C=O) groups excluding carboxylic acids is 1. The number of pyridine rings is 1. The zero-order chi connectivity index (χ0) is 18.7. The maximum Gasteiger partial charge on any atom is 0.219 e. The minimum atomic E-state index is -0.312. The summed E-state index contributed by atoms with van der Waals surface area (Å²) in [4.78, 5) is 17.5. The summed E-state index contributed by atoms with van der Waals surface area (Å²) in [7, 11) is 0. The largest absolute Gasteiger partial charge is 0.439 e. The lowest BCUT2D eigenvalue weighted by Crippen LogP contribution is -2.16. The molecule has 0 fully saturated rings. The van der Waals surface area contributed by atoms with Gasteiger partial charge < -0.3 is 4.74 Å². The fraction of sp³-hybridized carbons (Fsp3) is 0.143. The van der Waals surface area contributed by atoms with Crippen LogP contribution in [0.4, 0.5) is 15.8 Å². The van der Waals surface area contributed by atoms with E-state index in [4.69, 9.17) is 4.74 Å². The maximum absolute atomic E-state index is 13.2. The fourth-order valence-corrected chi connectivity index (χ4v) is 2.84. The fourth-order valence-electron chi connectivity index (χ4n) is 2.84. The monoisotopic (exact) mass is 350 g/mol. The van der Waals surface area contributed by atoms with Gasteiger partial charge in [-0.3, -0.25) is 9.69 Å². The van der Waals surface area contributed by atoms with Crippen molar-refractivity contribution in [2.75, 3.05) is 4.90 Å². The number of halogens is 1. The lowest BCUT2D eigenvalue weighted by molar-refractivity contribution is -0.106. The summed E-state index contributed by atoms with van der Waals surface area (Å²) in [5.74, 6) is 0.595. The van der Waals surface area contributed by atoms with E-state index in [9.17, 15) is 9.18 Å². The highest BCUT2D eigenvalue weighted by molar-refractivity contribution is 5.88. The number of rotatable bonds is 5. The zero-order valence-electron chi connectivity index (χ0n) is 14.9. The van der Waals surface area contributed by atoms with Crippen LogP contribution in [0.2, 0.25) is 0 Å². The van der Waals surface area contributed by atoms with E-state index in [1.54, 1.807) is 36.2 Å². The van der Waals surface area contributed by atoms with E-state index in [1.807, 2.05) is 32.0 Å². The highest BCUT2D eigenvalue weighted by atomic mass is 19.1. The molecule has 0 saturated carbocycles. The second-order valence-corrected chi connectivity index (χ2v) is 6.08. The molecule has 0 bridgehead atoms. The molecule has 4 nitrogen and oxygen atoms in total. The number of para-hydroxylation sites is 1. The molecule has 0 aliphatic carbocycles. The summed E-state index contributed by atoms with van der Waals surface area (Å²) in [5.41, 5.74) is 4.16. The average Bonchev–Trinajstić information content (AvgIpc) is 2.62. The van der Waals surface area contributed by atoms with Gasteiger partial charge in [0.05, 0.1) is 17.6 Å². The number of nitrogens with zero attached hydrogens (tertiary/aromatic N) is 2. The highest BCUT2D eigenvalue weighted by Gasteiger charge is 2.14. The Kier molecular flexibility index (Phi) is 4.98. The predicted octanol–water partition coefficient (Wildman–Crippen LogP) is 5.23. The summed E-state index contributed by atoms with van der Waals surface area (Å²) < 4.78 is 18.9. The van der Waals surface area contributed by atoms with Crippen molar-refractivity contribution in [3.8, 4) is 11.6 Å². The van der Waals surface area contributed by atoms with Gasteiger partial charge in [0.15, 0.2) is 0 Å². The van der Waals surface area contributed by atoms with Crippen LogP contribution in [-0.2, 0) is 4.79 Å². The average molecular weight is 350 g/mol. The minimum absolute atomic E-state index is 0.312. The molecule has 5 heteroatoms. The predicted molar refractivity (Wildman–Crippen MR) is 99.6 cm³/mol. The van der Waals surface area contributed by atoms with E-state index in [2.05, 4.69) is 4.98 Å². The number of benzene rings is 2. The first-order chi connectivity index (χ1) is 12.5. The van der Waals surface area contributed by atoms with Crippen LogP contribution in [0.3, 0.4) is 0 Å². The first-order valence-electron chi connectivity index (χ1n) is 8.20. The van der Waals surface area contributed by atoms with Crippen LogP contribution in [0.15, 0.2) is 54.7 Å². The molecule has 0 radical (unpaired) electrons. The van der Waals surface area contributed by atoms with Gasteiger partial charge in [-0.05, 0) is 61.7 Å². The minimum Gasteiger partial charge on any atom is -0.439 e. The molecule has 0 unspecified atom stereocenters. The molecule has 2 aromatic carbocycles. The number of aromatic nitrogens is 1. The lowest BCUT2D eigenvalue weighted by atomic mass is 10.1. The maximum atomic E-state index is 13.2. The number of ether oxygens (including phenoxy) is 1. The van der Waals surface area contributed by atoms with E-state index in [1.165, 1.54) is 12.1 Å². The molecule has 0 saturated heterocycles. The molecule has 1 amide bonds.